The first-order chi connectivity index (χ1) is 22.7. The van der Waals surface area contributed by atoms with Crippen molar-refractivity contribution in [3.05, 3.63) is 109 Å². The van der Waals surface area contributed by atoms with Crippen LogP contribution in [0, 0.1) is 0 Å². The minimum Gasteiger partial charge on any atom is -0.497 e. The van der Waals surface area contributed by atoms with Gasteiger partial charge in [0.05, 0.1) is 32.6 Å². The first-order valence-corrected chi connectivity index (χ1v) is 16.7. The number of anilines is 3. The molecule has 6 rings (SSSR count). The van der Waals surface area contributed by atoms with Gasteiger partial charge in [-0.2, -0.15) is 8.75 Å². The highest BCUT2D eigenvalue weighted by Gasteiger charge is 2.16. The Bertz CT molecular complexity index is 1790. The van der Waals surface area contributed by atoms with Gasteiger partial charge in [0.25, 0.3) is 0 Å². The van der Waals surface area contributed by atoms with E-state index in [4.69, 9.17) is 34.6 Å². The molecule has 46 heavy (non-hydrogen) atoms. The topological polar surface area (TPSA) is 56.7 Å². The number of ether oxygens (including phenoxy) is 3. The van der Waals surface area contributed by atoms with Crippen molar-refractivity contribution in [2.45, 2.75) is 25.7 Å². The molecule has 1 aromatic heterocycles. The Morgan fingerprint density at radius 1 is 0.543 bits per heavy atom. The molecular weight excluding hydrogens is 614 g/mol. The number of aromatic nitrogens is 2. The van der Waals surface area contributed by atoms with E-state index in [1.165, 1.54) is 11.7 Å². The van der Waals surface area contributed by atoms with Crippen LogP contribution < -0.4 is 19.1 Å². The summed E-state index contributed by atoms with van der Waals surface area (Å²) in [7, 11) is 3.35. The predicted molar refractivity (Wildman–Crippen MR) is 191 cm³/mol. The van der Waals surface area contributed by atoms with Crippen LogP contribution in [0.15, 0.2) is 109 Å². The van der Waals surface area contributed by atoms with E-state index in [2.05, 4.69) is 77.7 Å². The highest BCUT2D eigenvalue weighted by atomic mass is 35.5. The Kier molecular flexibility index (Phi) is 10.3. The van der Waals surface area contributed by atoms with E-state index < -0.39 is 0 Å². The van der Waals surface area contributed by atoms with Crippen molar-refractivity contribution in [1.82, 2.24) is 8.75 Å². The lowest BCUT2D eigenvalue weighted by Crippen LogP contribution is -2.09. The van der Waals surface area contributed by atoms with Crippen LogP contribution in [0.5, 0.6) is 17.2 Å². The number of methoxy groups -OCH3 is 2. The maximum absolute atomic E-state index is 5.96. The SMILES string of the molecule is COc1ccc(N(c2ccc(OC)cc2)c2ccc(-c3ccc(-c4ccc(OCCCCCCCl)cc4)c4nsnc34)cc2)cc1. The van der Waals surface area contributed by atoms with E-state index in [9.17, 15) is 0 Å². The Morgan fingerprint density at radius 3 is 1.46 bits per heavy atom. The lowest BCUT2D eigenvalue weighted by molar-refractivity contribution is 0.305. The number of benzene rings is 5. The number of rotatable bonds is 14. The Labute approximate surface area is 279 Å². The number of alkyl halides is 1. The molecule has 0 fully saturated rings. The van der Waals surface area contributed by atoms with Gasteiger partial charge in [0.1, 0.15) is 28.3 Å². The van der Waals surface area contributed by atoms with Crippen molar-refractivity contribution in [3.63, 3.8) is 0 Å². The average molecular weight is 650 g/mol. The third kappa shape index (κ3) is 7.11. The Balaban J connectivity index is 1.24. The minimum atomic E-state index is 0.716. The summed E-state index contributed by atoms with van der Waals surface area (Å²) in [4.78, 5) is 2.21. The maximum atomic E-state index is 5.96. The lowest BCUT2D eigenvalue weighted by atomic mass is 9.97. The zero-order valence-electron chi connectivity index (χ0n) is 26.0. The fourth-order valence-electron chi connectivity index (χ4n) is 5.50. The van der Waals surface area contributed by atoms with Gasteiger partial charge < -0.3 is 19.1 Å². The molecule has 5 aromatic carbocycles. The second-order valence-corrected chi connectivity index (χ2v) is 11.8. The smallest absolute Gasteiger partial charge is 0.119 e. The van der Waals surface area contributed by atoms with Crippen molar-refractivity contribution in [1.29, 1.82) is 0 Å². The fraction of sp³-hybridized carbons (Fsp3) is 0.211. The molecule has 0 aliphatic rings. The first-order valence-electron chi connectivity index (χ1n) is 15.4. The second kappa shape index (κ2) is 15.1. The van der Waals surface area contributed by atoms with E-state index in [1.54, 1.807) is 14.2 Å². The van der Waals surface area contributed by atoms with Gasteiger partial charge in [-0.25, -0.2) is 0 Å². The standard InChI is InChI=1S/C38H36ClN3O3S/c1-43-32-19-13-30(14-20-32)42(31-15-21-33(44-2)22-16-31)29-11-7-27(8-12-29)35-23-24-36(38-37(35)40-46-41-38)28-9-17-34(18-10-28)45-26-6-4-3-5-25-39/h7-24H,3-6,25-26H2,1-2H3. The van der Waals surface area contributed by atoms with Crippen LogP contribution in [0.25, 0.3) is 33.3 Å². The Morgan fingerprint density at radius 2 is 0.978 bits per heavy atom. The zero-order valence-corrected chi connectivity index (χ0v) is 27.6. The Hall–Kier alpha value is -4.59. The molecule has 0 atom stereocenters. The number of unbranched alkanes of at least 4 members (excludes halogenated alkanes) is 3. The van der Waals surface area contributed by atoms with Gasteiger partial charge in [-0.1, -0.05) is 49.2 Å². The normalized spacial score (nSPS) is 11.0. The third-order valence-electron chi connectivity index (χ3n) is 7.98. The van der Waals surface area contributed by atoms with Crippen LogP contribution in [-0.2, 0) is 0 Å². The van der Waals surface area contributed by atoms with E-state index in [0.29, 0.717) is 6.61 Å². The van der Waals surface area contributed by atoms with Crippen LogP contribution in [0.1, 0.15) is 25.7 Å². The molecule has 0 saturated heterocycles. The quantitative estimate of drug-likeness (QED) is 0.0864. The molecule has 0 N–H and O–H groups in total. The molecule has 0 saturated carbocycles. The highest BCUT2D eigenvalue weighted by Crippen LogP contribution is 2.39. The number of halogens is 1. The van der Waals surface area contributed by atoms with Gasteiger partial charge in [0.2, 0.25) is 0 Å². The van der Waals surface area contributed by atoms with E-state index in [-0.39, 0.29) is 0 Å². The van der Waals surface area contributed by atoms with Crippen molar-refractivity contribution >= 4 is 51.4 Å². The van der Waals surface area contributed by atoms with Gasteiger partial charge in [-0.3, -0.25) is 0 Å². The second-order valence-electron chi connectivity index (χ2n) is 10.9. The monoisotopic (exact) mass is 649 g/mol. The molecule has 0 aliphatic heterocycles. The average Bonchev–Trinajstić information content (AvgIpc) is 3.61. The number of hydrogen-bond donors (Lipinski definition) is 0. The van der Waals surface area contributed by atoms with Crippen LogP contribution in [0.4, 0.5) is 17.1 Å². The number of nitrogens with zero attached hydrogens (tertiary/aromatic N) is 3. The molecule has 234 valence electrons. The van der Waals surface area contributed by atoms with Crippen LogP contribution >= 0.6 is 23.3 Å². The van der Waals surface area contributed by atoms with Crippen LogP contribution in [0.2, 0.25) is 0 Å². The van der Waals surface area contributed by atoms with E-state index >= 15 is 0 Å². The number of fused-ring (bicyclic) bond motifs is 1. The van der Waals surface area contributed by atoms with Gasteiger partial charge in [-0.05, 0) is 96.8 Å². The first kappa shape index (κ1) is 31.4. The summed E-state index contributed by atoms with van der Waals surface area (Å²) in [6.07, 6.45) is 4.38. The minimum absolute atomic E-state index is 0.716. The maximum Gasteiger partial charge on any atom is 0.119 e. The molecule has 6 nitrogen and oxygen atoms in total. The molecule has 0 spiro atoms. The fourth-order valence-corrected chi connectivity index (χ4v) is 6.27. The summed E-state index contributed by atoms with van der Waals surface area (Å²) in [5.74, 6) is 3.23. The molecule has 0 aliphatic carbocycles. The van der Waals surface area contributed by atoms with Crippen molar-refractivity contribution in [3.8, 4) is 39.5 Å². The highest BCUT2D eigenvalue weighted by molar-refractivity contribution is 7.00. The molecular formula is C38H36ClN3O3S. The van der Waals surface area contributed by atoms with Gasteiger partial charge in [0.15, 0.2) is 0 Å². The summed E-state index contributed by atoms with van der Waals surface area (Å²) in [5.41, 5.74) is 9.14. The van der Waals surface area contributed by atoms with Crippen molar-refractivity contribution in [2.24, 2.45) is 0 Å². The third-order valence-corrected chi connectivity index (χ3v) is 8.77. The molecule has 6 aromatic rings. The molecule has 8 heteroatoms. The summed E-state index contributed by atoms with van der Waals surface area (Å²) in [6.45, 7) is 0.716. The van der Waals surface area contributed by atoms with Gasteiger partial charge in [0, 0.05) is 34.1 Å². The summed E-state index contributed by atoms with van der Waals surface area (Å²) < 4.78 is 26.2. The molecule has 0 amide bonds. The van der Waals surface area contributed by atoms with Crippen LogP contribution in [0.3, 0.4) is 0 Å². The zero-order chi connectivity index (χ0) is 31.7. The molecule has 1 heterocycles. The molecule has 0 radical (unpaired) electrons. The predicted octanol–water partition coefficient (Wildman–Crippen LogP) is 10.7. The van der Waals surface area contributed by atoms with Gasteiger partial charge in [-0.15, -0.1) is 11.6 Å². The van der Waals surface area contributed by atoms with E-state index in [1.807, 2.05) is 36.4 Å². The van der Waals surface area contributed by atoms with Crippen LogP contribution in [-0.4, -0.2) is 35.5 Å². The number of hydrogen-bond acceptors (Lipinski definition) is 7. The molecule has 0 unspecified atom stereocenters. The van der Waals surface area contributed by atoms with Crippen molar-refractivity contribution in [2.75, 3.05) is 31.6 Å². The summed E-state index contributed by atoms with van der Waals surface area (Å²) in [6, 6.07) is 37.2. The van der Waals surface area contributed by atoms with Crippen molar-refractivity contribution < 1.29 is 14.2 Å². The summed E-state index contributed by atoms with van der Waals surface area (Å²) >= 11 is 7.01. The summed E-state index contributed by atoms with van der Waals surface area (Å²) in [5, 5.41) is 0. The van der Waals surface area contributed by atoms with Gasteiger partial charge >= 0.3 is 0 Å². The lowest BCUT2D eigenvalue weighted by Gasteiger charge is -2.26. The molecule has 0 bridgehead atoms. The van der Waals surface area contributed by atoms with E-state index in [0.717, 1.165) is 99.2 Å². The largest absolute Gasteiger partial charge is 0.497 e.